The summed E-state index contributed by atoms with van der Waals surface area (Å²) in [6.45, 7) is 1.55. The zero-order chi connectivity index (χ0) is 20.3. The predicted octanol–water partition coefficient (Wildman–Crippen LogP) is -3.25. The molecule has 0 heterocycles. The lowest BCUT2D eigenvalue weighted by Crippen LogP contribution is -2.47. The van der Waals surface area contributed by atoms with Gasteiger partial charge in [-0.3, -0.25) is 0 Å². The highest BCUT2D eigenvalue weighted by Crippen LogP contribution is 2.15. The molecule has 0 aliphatic heterocycles. The lowest BCUT2D eigenvalue weighted by Gasteiger charge is -2.32. The number of rotatable bonds is 15. The predicted molar refractivity (Wildman–Crippen MR) is 90.0 cm³/mol. The molecule has 158 valence electrons. The topological polar surface area (TPSA) is 179 Å². The fourth-order valence-electron chi connectivity index (χ4n) is 1.79. The first-order chi connectivity index (χ1) is 12.2. The molecule has 0 aromatic carbocycles. The molecule has 0 spiro atoms. The SMILES string of the molecule is CC(O)C(CO)OC(OC(C)C(CO)OC(OCCS)C(O)O)C(O)O. The van der Waals surface area contributed by atoms with Crippen LogP contribution in [0.5, 0.6) is 0 Å². The smallest absolute Gasteiger partial charge is 0.209 e. The van der Waals surface area contributed by atoms with E-state index in [2.05, 4.69) is 12.6 Å². The van der Waals surface area contributed by atoms with Crippen LogP contribution in [0.4, 0.5) is 0 Å². The average Bonchev–Trinajstić information content (AvgIpc) is 2.57. The first kappa shape index (κ1) is 25.9. The van der Waals surface area contributed by atoms with E-state index in [-0.39, 0.29) is 12.4 Å². The largest absolute Gasteiger partial charge is 0.394 e. The van der Waals surface area contributed by atoms with Crippen LogP contribution in [-0.2, 0) is 18.9 Å². The Morgan fingerprint density at radius 1 is 0.769 bits per heavy atom. The van der Waals surface area contributed by atoms with Gasteiger partial charge in [0.05, 0.1) is 32.0 Å². The van der Waals surface area contributed by atoms with Gasteiger partial charge in [0.2, 0.25) is 25.2 Å². The molecule has 0 aromatic rings. The number of ether oxygens (including phenoxy) is 4. The van der Waals surface area contributed by atoms with Crippen LogP contribution in [0.2, 0.25) is 0 Å². The Morgan fingerprint density at radius 3 is 1.65 bits per heavy atom. The number of hydrogen-bond acceptors (Lipinski definition) is 12. The molecule has 0 rings (SSSR count). The number of aliphatic hydroxyl groups excluding tert-OH is 5. The molecule has 0 saturated carbocycles. The van der Waals surface area contributed by atoms with Crippen LogP contribution >= 0.6 is 12.6 Å². The molecule has 0 radical (unpaired) electrons. The highest BCUT2D eigenvalue weighted by Gasteiger charge is 2.32. The van der Waals surface area contributed by atoms with Gasteiger partial charge in [0.1, 0.15) is 12.2 Å². The van der Waals surface area contributed by atoms with E-state index in [1.807, 2.05) is 0 Å². The molecule has 6 atom stereocenters. The standard InChI is InChI=1S/C14H30O11S/c1-7(17)9(5-15)24-14(12(20)21)23-8(2)10(6-16)25-13(11(18)19)22-3-4-26/h7-21,26H,3-6H2,1-2H3. The van der Waals surface area contributed by atoms with Crippen molar-refractivity contribution >= 4 is 12.6 Å². The van der Waals surface area contributed by atoms with Crippen molar-refractivity contribution < 1.29 is 54.7 Å². The summed E-state index contributed by atoms with van der Waals surface area (Å²) in [6, 6.07) is 0. The first-order valence-electron chi connectivity index (χ1n) is 7.98. The second kappa shape index (κ2) is 14.0. The van der Waals surface area contributed by atoms with Crippen LogP contribution in [-0.4, -0.2) is 111 Å². The summed E-state index contributed by atoms with van der Waals surface area (Å²) in [5, 5.41) is 65.2. The van der Waals surface area contributed by atoms with Crippen LogP contribution in [0, 0.1) is 0 Å². The minimum Gasteiger partial charge on any atom is -0.394 e. The van der Waals surface area contributed by atoms with Gasteiger partial charge in [0, 0.05) is 5.75 Å². The maximum Gasteiger partial charge on any atom is 0.209 e. The van der Waals surface area contributed by atoms with E-state index in [1.54, 1.807) is 0 Å². The van der Waals surface area contributed by atoms with Crippen LogP contribution < -0.4 is 0 Å². The fourth-order valence-corrected chi connectivity index (χ4v) is 1.90. The molecule has 0 fully saturated rings. The van der Waals surface area contributed by atoms with Crippen molar-refractivity contribution in [1.82, 2.24) is 0 Å². The van der Waals surface area contributed by atoms with Gasteiger partial charge in [-0.15, -0.1) is 0 Å². The fraction of sp³-hybridized carbons (Fsp3) is 1.00. The first-order valence-corrected chi connectivity index (χ1v) is 8.62. The molecule has 11 nitrogen and oxygen atoms in total. The van der Waals surface area contributed by atoms with Crippen molar-refractivity contribution in [3.8, 4) is 0 Å². The molecular formula is C14H30O11S. The molecule has 0 saturated heterocycles. The van der Waals surface area contributed by atoms with E-state index in [4.69, 9.17) is 24.1 Å². The molecule has 12 heteroatoms. The molecule has 26 heavy (non-hydrogen) atoms. The number of hydrogen-bond donors (Lipinski definition) is 8. The molecule has 7 N–H and O–H groups in total. The lowest BCUT2D eigenvalue weighted by molar-refractivity contribution is -0.320. The third kappa shape index (κ3) is 9.73. The van der Waals surface area contributed by atoms with Crippen LogP contribution in [0.1, 0.15) is 13.8 Å². The van der Waals surface area contributed by atoms with E-state index < -0.39 is 62.8 Å². The van der Waals surface area contributed by atoms with E-state index in [0.717, 1.165) is 0 Å². The van der Waals surface area contributed by atoms with Crippen LogP contribution in [0.15, 0.2) is 0 Å². The Bertz CT molecular complexity index is 345. The molecule has 0 amide bonds. The normalized spacial score (nSPS) is 19.4. The lowest BCUT2D eigenvalue weighted by atomic mass is 10.2. The van der Waals surface area contributed by atoms with Gasteiger partial charge < -0.3 is 54.7 Å². The van der Waals surface area contributed by atoms with Crippen molar-refractivity contribution in [2.45, 2.75) is 63.4 Å². The summed E-state index contributed by atoms with van der Waals surface area (Å²) < 4.78 is 20.7. The third-order valence-corrected chi connectivity index (χ3v) is 3.43. The summed E-state index contributed by atoms with van der Waals surface area (Å²) in [7, 11) is 0. The molecular weight excluding hydrogens is 376 g/mol. The Hall–Kier alpha value is -0.0900. The summed E-state index contributed by atoms with van der Waals surface area (Å²) in [6.07, 6.45) is -11.7. The van der Waals surface area contributed by atoms with E-state index in [9.17, 15) is 30.6 Å². The highest BCUT2D eigenvalue weighted by atomic mass is 32.1. The van der Waals surface area contributed by atoms with Crippen LogP contribution in [0.3, 0.4) is 0 Å². The quantitative estimate of drug-likeness (QED) is 0.101. The van der Waals surface area contributed by atoms with Crippen molar-refractivity contribution in [1.29, 1.82) is 0 Å². The molecule has 0 aliphatic rings. The van der Waals surface area contributed by atoms with Gasteiger partial charge in [-0.25, -0.2) is 0 Å². The Kier molecular flexibility index (Phi) is 13.9. The van der Waals surface area contributed by atoms with Crippen molar-refractivity contribution in [3.63, 3.8) is 0 Å². The average molecular weight is 406 g/mol. The molecule has 0 aromatic heterocycles. The minimum atomic E-state index is -2.12. The maximum absolute atomic E-state index is 9.45. The van der Waals surface area contributed by atoms with E-state index in [1.165, 1.54) is 13.8 Å². The highest BCUT2D eigenvalue weighted by molar-refractivity contribution is 7.80. The van der Waals surface area contributed by atoms with Crippen molar-refractivity contribution in [2.24, 2.45) is 0 Å². The van der Waals surface area contributed by atoms with Gasteiger partial charge in [-0.1, -0.05) is 0 Å². The van der Waals surface area contributed by atoms with E-state index in [0.29, 0.717) is 0 Å². The second-order valence-electron chi connectivity index (χ2n) is 5.45. The number of aliphatic hydroxyl groups is 7. The number of thiol groups is 1. The van der Waals surface area contributed by atoms with Gasteiger partial charge in [-0.2, -0.15) is 12.6 Å². The molecule has 0 aliphatic carbocycles. The molecule has 6 unspecified atom stereocenters. The summed E-state index contributed by atoms with van der Waals surface area (Å²) >= 11 is 3.91. The Morgan fingerprint density at radius 2 is 1.27 bits per heavy atom. The third-order valence-electron chi connectivity index (χ3n) is 3.25. The van der Waals surface area contributed by atoms with E-state index >= 15 is 0 Å². The minimum absolute atomic E-state index is 0.0481. The Labute approximate surface area is 157 Å². The van der Waals surface area contributed by atoms with Gasteiger partial charge in [0.15, 0.2) is 0 Å². The van der Waals surface area contributed by atoms with Gasteiger partial charge >= 0.3 is 0 Å². The summed E-state index contributed by atoms with van der Waals surface area (Å²) in [4.78, 5) is 0. The van der Waals surface area contributed by atoms with Gasteiger partial charge in [0.25, 0.3) is 0 Å². The monoisotopic (exact) mass is 406 g/mol. The zero-order valence-corrected chi connectivity index (χ0v) is 15.6. The van der Waals surface area contributed by atoms with Crippen molar-refractivity contribution in [3.05, 3.63) is 0 Å². The maximum atomic E-state index is 9.45. The zero-order valence-electron chi connectivity index (χ0n) is 14.7. The van der Waals surface area contributed by atoms with Crippen LogP contribution in [0.25, 0.3) is 0 Å². The molecule has 0 bridgehead atoms. The summed E-state index contributed by atoms with van der Waals surface area (Å²) in [5.41, 5.74) is 0. The second-order valence-corrected chi connectivity index (χ2v) is 5.90. The summed E-state index contributed by atoms with van der Waals surface area (Å²) in [5.74, 6) is 0.289. The van der Waals surface area contributed by atoms with Gasteiger partial charge in [-0.05, 0) is 13.8 Å². The Balaban J connectivity index is 4.91. The van der Waals surface area contributed by atoms with Crippen molar-refractivity contribution in [2.75, 3.05) is 25.6 Å².